The lowest BCUT2D eigenvalue weighted by atomic mass is 10.1. The molecule has 0 spiro atoms. The van der Waals surface area contributed by atoms with Crippen LogP contribution in [0.15, 0.2) is 0 Å². The van der Waals surface area contributed by atoms with Gasteiger partial charge in [0, 0.05) is 38.9 Å². The van der Waals surface area contributed by atoms with E-state index < -0.39 is 0 Å². The molecule has 1 atom stereocenters. The summed E-state index contributed by atoms with van der Waals surface area (Å²) in [5, 5.41) is 3.34. The number of rotatable bonds is 4. The Balaban J connectivity index is 1.61. The molecule has 0 aliphatic carbocycles. The van der Waals surface area contributed by atoms with Crippen LogP contribution in [-0.4, -0.2) is 62.4 Å². The number of hydrogen-bond acceptors (Lipinski definition) is 4. The number of piperazine rings is 1. The predicted octanol–water partition coefficient (Wildman–Crippen LogP) is 0.392. The Labute approximate surface area is 109 Å². The van der Waals surface area contributed by atoms with Crippen molar-refractivity contribution >= 4 is 5.91 Å². The highest BCUT2D eigenvalue weighted by atomic mass is 16.5. The molecule has 2 fully saturated rings. The molecule has 18 heavy (non-hydrogen) atoms. The van der Waals surface area contributed by atoms with Gasteiger partial charge in [-0.3, -0.25) is 4.79 Å². The molecule has 2 saturated heterocycles. The molecule has 0 aromatic heterocycles. The quantitative estimate of drug-likeness (QED) is 0.790. The molecule has 0 bridgehead atoms. The van der Waals surface area contributed by atoms with E-state index in [2.05, 4.69) is 12.2 Å². The van der Waals surface area contributed by atoms with Crippen molar-refractivity contribution < 1.29 is 14.3 Å². The Morgan fingerprint density at radius 1 is 1.44 bits per heavy atom. The van der Waals surface area contributed by atoms with Crippen molar-refractivity contribution in [2.45, 2.75) is 38.3 Å². The third-order valence-corrected chi connectivity index (χ3v) is 3.56. The van der Waals surface area contributed by atoms with Crippen LogP contribution in [0.2, 0.25) is 0 Å². The molecule has 1 unspecified atom stereocenters. The van der Waals surface area contributed by atoms with Gasteiger partial charge < -0.3 is 19.7 Å². The van der Waals surface area contributed by atoms with E-state index in [1.807, 2.05) is 4.90 Å². The average Bonchev–Trinajstić information content (AvgIpc) is 2.40. The second-order valence-electron chi connectivity index (χ2n) is 5.13. The first kappa shape index (κ1) is 13.8. The van der Waals surface area contributed by atoms with Crippen LogP contribution in [-0.2, 0) is 14.3 Å². The summed E-state index contributed by atoms with van der Waals surface area (Å²) < 4.78 is 11.0. The second kappa shape index (κ2) is 7.07. The number of amides is 1. The zero-order chi connectivity index (χ0) is 12.8. The van der Waals surface area contributed by atoms with Crippen LogP contribution >= 0.6 is 0 Å². The molecule has 0 radical (unpaired) electrons. The van der Waals surface area contributed by atoms with E-state index in [0.717, 1.165) is 45.7 Å². The minimum atomic E-state index is 0.218. The monoisotopic (exact) mass is 256 g/mol. The van der Waals surface area contributed by atoms with Gasteiger partial charge >= 0.3 is 0 Å². The third kappa shape index (κ3) is 4.23. The average molecular weight is 256 g/mol. The Morgan fingerprint density at radius 2 is 2.22 bits per heavy atom. The Morgan fingerprint density at radius 3 is 2.94 bits per heavy atom. The van der Waals surface area contributed by atoms with E-state index in [4.69, 9.17) is 9.47 Å². The molecule has 104 valence electrons. The summed E-state index contributed by atoms with van der Waals surface area (Å²) in [5.41, 5.74) is 0. The first-order valence-electron chi connectivity index (χ1n) is 6.96. The molecule has 0 saturated carbocycles. The van der Waals surface area contributed by atoms with Gasteiger partial charge in [0.1, 0.15) is 0 Å². The van der Waals surface area contributed by atoms with Crippen molar-refractivity contribution in [3.05, 3.63) is 0 Å². The second-order valence-corrected chi connectivity index (χ2v) is 5.13. The Hall–Kier alpha value is -0.650. The number of nitrogens with one attached hydrogen (secondary N) is 1. The smallest absolute Gasteiger partial charge is 0.224 e. The fraction of sp³-hybridized carbons (Fsp3) is 0.923. The van der Waals surface area contributed by atoms with Gasteiger partial charge in [-0.2, -0.15) is 0 Å². The zero-order valence-electron chi connectivity index (χ0n) is 11.2. The summed E-state index contributed by atoms with van der Waals surface area (Å²) in [6.45, 7) is 6.76. The van der Waals surface area contributed by atoms with E-state index in [1.165, 1.54) is 0 Å². The van der Waals surface area contributed by atoms with Crippen LogP contribution in [0, 0.1) is 0 Å². The normalized spacial score (nSPS) is 26.3. The fourth-order valence-electron chi connectivity index (χ4n) is 2.47. The molecule has 2 aliphatic heterocycles. The fourth-order valence-corrected chi connectivity index (χ4v) is 2.47. The summed E-state index contributed by atoms with van der Waals surface area (Å²) in [5.74, 6) is 0.218. The van der Waals surface area contributed by atoms with Gasteiger partial charge in [0.2, 0.25) is 5.91 Å². The first-order chi connectivity index (χ1) is 8.75. The Bertz CT molecular complexity index is 267. The van der Waals surface area contributed by atoms with E-state index in [9.17, 15) is 4.79 Å². The summed E-state index contributed by atoms with van der Waals surface area (Å²) in [4.78, 5) is 13.9. The van der Waals surface area contributed by atoms with E-state index in [1.54, 1.807) is 0 Å². The van der Waals surface area contributed by atoms with Crippen LogP contribution < -0.4 is 5.32 Å². The first-order valence-corrected chi connectivity index (χ1v) is 6.96. The highest BCUT2D eigenvalue weighted by Gasteiger charge is 2.20. The molecule has 5 nitrogen and oxygen atoms in total. The standard InChI is InChI=1S/C13H24N2O3/c1-11-10-15(6-5-14-11)13(16)4-9-18-12-2-7-17-8-3-12/h11-12,14H,2-10H2,1H3. The summed E-state index contributed by atoms with van der Waals surface area (Å²) in [6.07, 6.45) is 2.70. The van der Waals surface area contributed by atoms with Crippen LogP contribution in [0.4, 0.5) is 0 Å². The van der Waals surface area contributed by atoms with Crippen molar-refractivity contribution in [2.24, 2.45) is 0 Å². The summed E-state index contributed by atoms with van der Waals surface area (Å²) in [6, 6.07) is 0.402. The summed E-state index contributed by atoms with van der Waals surface area (Å²) >= 11 is 0. The lowest BCUT2D eigenvalue weighted by molar-refractivity contribution is -0.134. The van der Waals surface area contributed by atoms with Crippen molar-refractivity contribution in [2.75, 3.05) is 39.5 Å². The van der Waals surface area contributed by atoms with Crippen molar-refractivity contribution in [1.29, 1.82) is 0 Å². The van der Waals surface area contributed by atoms with Gasteiger partial charge in [-0.25, -0.2) is 0 Å². The highest BCUT2D eigenvalue weighted by molar-refractivity contribution is 5.76. The van der Waals surface area contributed by atoms with Crippen molar-refractivity contribution in [3.63, 3.8) is 0 Å². The van der Waals surface area contributed by atoms with E-state index in [-0.39, 0.29) is 12.0 Å². The van der Waals surface area contributed by atoms with Crippen LogP contribution in [0.3, 0.4) is 0 Å². The van der Waals surface area contributed by atoms with Gasteiger partial charge in [-0.15, -0.1) is 0 Å². The van der Waals surface area contributed by atoms with Crippen molar-refractivity contribution in [1.82, 2.24) is 10.2 Å². The molecule has 5 heteroatoms. The molecular formula is C13H24N2O3. The third-order valence-electron chi connectivity index (χ3n) is 3.56. The molecule has 2 rings (SSSR count). The predicted molar refractivity (Wildman–Crippen MR) is 68.5 cm³/mol. The molecule has 2 aliphatic rings. The highest BCUT2D eigenvalue weighted by Crippen LogP contribution is 2.11. The van der Waals surface area contributed by atoms with Crippen molar-refractivity contribution in [3.8, 4) is 0 Å². The number of hydrogen-bond donors (Lipinski definition) is 1. The minimum absolute atomic E-state index is 0.218. The molecule has 1 amide bonds. The maximum absolute atomic E-state index is 12.0. The summed E-state index contributed by atoms with van der Waals surface area (Å²) in [7, 11) is 0. The van der Waals surface area contributed by atoms with Gasteiger partial charge in [-0.1, -0.05) is 0 Å². The molecule has 1 N–H and O–H groups in total. The molecule has 2 heterocycles. The van der Waals surface area contributed by atoms with Gasteiger partial charge in [0.25, 0.3) is 0 Å². The number of carbonyl (C=O) groups excluding carboxylic acids is 1. The molecular weight excluding hydrogens is 232 g/mol. The molecule has 0 aromatic rings. The largest absolute Gasteiger partial charge is 0.381 e. The van der Waals surface area contributed by atoms with Crippen LogP contribution in [0.5, 0.6) is 0 Å². The van der Waals surface area contributed by atoms with Gasteiger partial charge in [0.15, 0.2) is 0 Å². The van der Waals surface area contributed by atoms with Gasteiger partial charge in [0.05, 0.1) is 19.1 Å². The number of carbonyl (C=O) groups is 1. The zero-order valence-corrected chi connectivity index (χ0v) is 11.2. The van der Waals surface area contributed by atoms with Crippen LogP contribution in [0.25, 0.3) is 0 Å². The Kier molecular flexibility index (Phi) is 5.41. The van der Waals surface area contributed by atoms with E-state index >= 15 is 0 Å². The maximum atomic E-state index is 12.0. The van der Waals surface area contributed by atoms with Gasteiger partial charge in [-0.05, 0) is 19.8 Å². The molecule has 0 aromatic carbocycles. The number of ether oxygens (including phenoxy) is 2. The topological polar surface area (TPSA) is 50.8 Å². The SMILES string of the molecule is CC1CN(C(=O)CCOC2CCOCC2)CCN1. The lowest BCUT2D eigenvalue weighted by Gasteiger charge is -2.32. The van der Waals surface area contributed by atoms with E-state index in [0.29, 0.717) is 19.1 Å². The minimum Gasteiger partial charge on any atom is -0.381 e. The van der Waals surface area contributed by atoms with Crippen LogP contribution in [0.1, 0.15) is 26.2 Å². The maximum Gasteiger partial charge on any atom is 0.224 e. The lowest BCUT2D eigenvalue weighted by Crippen LogP contribution is -2.51. The number of nitrogens with zero attached hydrogens (tertiary/aromatic N) is 1.